The molecule has 0 amide bonds. The van der Waals surface area contributed by atoms with Crippen molar-refractivity contribution >= 4 is 28.3 Å². The van der Waals surface area contributed by atoms with Gasteiger partial charge in [0.1, 0.15) is 0 Å². The van der Waals surface area contributed by atoms with Crippen molar-refractivity contribution < 1.29 is 4.74 Å². The monoisotopic (exact) mass is 267 g/mol. The Kier molecular flexibility index (Phi) is 3.73. The predicted octanol–water partition coefficient (Wildman–Crippen LogP) is 0.966. The Morgan fingerprint density at radius 1 is 1.62 bits per heavy atom. The van der Waals surface area contributed by atoms with Crippen LogP contribution in [0.15, 0.2) is 16.9 Å². The third-order valence-electron chi connectivity index (χ3n) is 2.00. The van der Waals surface area contributed by atoms with Crippen molar-refractivity contribution in [1.29, 1.82) is 0 Å². The van der Waals surface area contributed by atoms with Crippen LogP contribution in [0.5, 0.6) is 0 Å². The average Bonchev–Trinajstić information content (AvgIpc) is 2.58. The van der Waals surface area contributed by atoms with E-state index in [4.69, 9.17) is 10.5 Å². The van der Waals surface area contributed by atoms with E-state index < -0.39 is 0 Å². The molecule has 2 atom stereocenters. The molecule has 0 radical (unpaired) electrons. The number of rotatable bonds is 1. The summed E-state index contributed by atoms with van der Waals surface area (Å²) < 4.78 is 8.05. The maximum Gasteiger partial charge on any atom is 0.0925 e. The van der Waals surface area contributed by atoms with Gasteiger partial charge in [0, 0.05) is 6.20 Å². The fourth-order valence-electron chi connectivity index (χ4n) is 1.33. The minimum absolute atomic E-state index is 0. The molecule has 1 aromatic rings. The first kappa shape index (κ1) is 11.0. The molecule has 1 aromatic heterocycles. The molecule has 4 nitrogen and oxygen atoms in total. The van der Waals surface area contributed by atoms with Crippen molar-refractivity contribution in [2.75, 3.05) is 13.2 Å². The van der Waals surface area contributed by atoms with E-state index in [1.54, 1.807) is 6.20 Å². The lowest BCUT2D eigenvalue weighted by Crippen LogP contribution is -2.30. The highest BCUT2D eigenvalue weighted by molar-refractivity contribution is 9.10. The Morgan fingerprint density at radius 2 is 2.38 bits per heavy atom. The maximum absolute atomic E-state index is 5.82. The van der Waals surface area contributed by atoms with Crippen LogP contribution < -0.4 is 5.73 Å². The summed E-state index contributed by atoms with van der Waals surface area (Å²) in [6, 6.07) is 0.257. The standard InChI is InChI=1S/C7H10BrN3O.ClH/c8-5-1-10-11(2-5)7-4-12-3-6(7)9;/h1-2,6-7H,3-4,9H2;1H/t6-,7+;/m1./s1. The number of ether oxygens (including phenoxy) is 1. The van der Waals surface area contributed by atoms with Crippen LogP contribution in [0.3, 0.4) is 0 Å². The zero-order valence-corrected chi connectivity index (χ0v) is 9.29. The highest BCUT2D eigenvalue weighted by atomic mass is 79.9. The van der Waals surface area contributed by atoms with Crippen molar-refractivity contribution in [2.45, 2.75) is 12.1 Å². The van der Waals surface area contributed by atoms with E-state index >= 15 is 0 Å². The molecule has 0 saturated carbocycles. The van der Waals surface area contributed by atoms with Gasteiger partial charge in [-0.1, -0.05) is 0 Å². The lowest BCUT2D eigenvalue weighted by molar-refractivity contribution is 0.183. The van der Waals surface area contributed by atoms with Crippen LogP contribution in [-0.4, -0.2) is 29.0 Å². The number of nitrogens with two attached hydrogens (primary N) is 1. The van der Waals surface area contributed by atoms with E-state index in [1.807, 2.05) is 10.9 Å². The van der Waals surface area contributed by atoms with Gasteiger partial charge in [-0.2, -0.15) is 5.10 Å². The highest BCUT2D eigenvalue weighted by Crippen LogP contribution is 2.18. The highest BCUT2D eigenvalue weighted by Gasteiger charge is 2.26. The van der Waals surface area contributed by atoms with Gasteiger partial charge < -0.3 is 10.5 Å². The Hall–Kier alpha value is -0.100. The van der Waals surface area contributed by atoms with Crippen LogP contribution in [-0.2, 0) is 4.74 Å². The van der Waals surface area contributed by atoms with Gasteiger partial charge in [0.15, 0.2) is 0 Å². The zero-order chi connectivity index (χ0) is 8.55. The molecule has 2 heterocycles. The van der Waals surface area contributed by atoms with E-state index in [0.29, 0.717) is 13.2 Å². The van der Waals surface area contributed by atoms with Crippen LogP contribution in [0.2, 0.25) is 0 Å². The van der Waals surface area contributed by atoms with Gasteiger partial charge in [0.25, 0.3) is 0 Å². The fourth-order valence-corrected chi connectivity index (χ4v) is 1.63. The Bertz CT molecular complexity index is 280. The summed E-state index contributed by atoms with van der Waals surface area (Å²) in [5.41, 5.74) is 5.82. The smallest absolute Gasteiger partial charge is 0.0925 e. The van der Waals surface area contributed by atoms with Gasteiger partial charge in [-0.05, 0) is 15.9 Å². The molecule has 0 bridgehead atoms. The molecular weight excluding hydrogens is 257 g/mol. The largest absolute Gasteiger partial charge is 0.377 e. The lowest BCUT2D eigenvalue weighted by atomic mass is 10.2. The number of nitrogens with zero attached hydrogens (tertiary/aromatic N) is 2. The lowest BCUT2D eigenvalue weighted by Gasteiger charge is -2.12. The first-order chi connectivity index (χ1) is 5.77. The predicted molar refractivity (Wildman–Crippen MR) is 55.0 cm³/mol. The van der Waals surface area contributed by atoms with Crippen LogP contribution in [0.25, 0.3) is 0 Å². The van der Waals surface area contributed by atoms with Crippen LogP contribution in [0, 0.1) is 0 Å². The molecule has 2 rings (SSSR count). The third-order valence-corrected chi connectivity index (χ3v) is 2.41. The number of aromatic nitrogens is 2. The molecular formula is C7H11BrClN3O. The van der Waals surface area contributed by atoms with Gasteiger partial charge in [-0.25, -0.2) is 0 Å². The van der Waals surface area contributed by atoms with Crippen molar-refractivity contribution in [3.8, 4) is 0 Å². The number of halogens is 2. The van der Waals surface area contributed by atoms with Crippen LogP contribution in [0.4, 0.5) is 0 Å². The van der Waals surface area contributed by atoms with Gasteiger partial charge in [0.2, 0.25) is 0 Å². The normalized spacial score (nSPS) is 27.2. The molecule has 0 unspecified atom stereocenters. The topological polar surface area (TPSA) is 53.1 Å². The number of hydrogen-bond acceptors (Lipinski definition) is 3. The summed E-state index contributed by atoms with van der Waals surface area (Å²) >= 11 is 3.33. The molecule has 1 aliphatic heterocycles. The fraction of sp³-hybridized carbons (Fsp3) is 0.571. The summed E-state index contributed by atoms with van der Waals surface area (Å²) in [5, 5.41) is 4.16. The first-order valence-corrected chi connectivity index (χ1v) is 4.59. The van der Waals surface area contributed by atoms with Crippen molar-refractivity contribution in [3.63, 3.8) is 0 Å². The maximum atomic E-state index is 5.82. The van der Waals surface area contributed by atoms with E-state index in [2.05, 4.69) is 21.0 Å². The molecule has 1 saturated heterocycles. The van der Waals surface area contributed by atoms with Crippen LogP contribution in [0.1, 0.15) is 6.04 Å². The second-order valence-corrected chi connectivity index (χ2v) is 3.82. The van der Waals surface area contributed by atoms with Crippen molar-refractivity contribution in [1.82, 2.24) is 9.78 Å². The third kappa shape index (κ3) is 2.22. The summed E-state index contributed by atoms with van der Waals surface area (Å²) in [6.45, 7) is 1.29. The second kappa shape index (κ2) is 4.41. The molecule has 1 fully saturated rings. The Morgan fingerprint density at radius 3 is 2.85 bits per heavy atom. The quantitative estimate of drug-likeness (QED) is 0.826. The van der Waals surface area contributed by atoms with E-state index in [9.17, 15) is 0 Å². The molecule has 0 aromatic carbocycles. The summed E-state index contributed by atoms with van der Waals surface area (Å²) in [7, 11) is 0. The molecule has 6 heteroatoms. The first-order valence-electron chi connectivity index (χ1n) is 3.80. The number of hydrogen-bond donors (Lipinski definition) is 1. The Labute approximate surface area is 91.0 Å². The van der Waals surface area contributed by atoms with E-state index in [1.165, 1.54) is 0 Å². The average molecular weight is 269 g/mol. The molecule has 1 aliphatic rings. The van der Waals surface area contributed by atoms with Crippen molar-refractivity contribution in [2.24, 2.45) is 5.73 Å². The molecule has 13 heavy (non-hydrogen) atoms. The summed E-state index contributed by atoms with van der Waals surface area (Å²) in [6.07, 6.45) is 3.67. The minimum Gasteiger partial charge on any atom is -0.377 e. The van der Waals surface area contributed by atoms with Gasteiger partial charge in [0.05, 0.1) is 36.0 Å². The Balaban J connectivity index is 0.000000845. The zero-order valence-electron chi connectivity index (χ0n) is 6.89. The SMILES string of the molecule is Cl.N[C@@H]1COC[C@@H]1n1cc(Br)cn1. The molecule has 2 N–H and O–H groups in total. The van der Waals surface area contributed by atoms with Crippen molar-refractivity contribution in [3.05, 3.63) is 16.9 Å². The van der Waals surface area contributed by atoms with E-state index in [0.717, 1.165) is 4.47 Å². The van der Waals surface area contributed by atoms with Gasteiger partial charge >= 0.3 is 0 Å². The molecule has 0 spiro atoms. The van der Waals surface area contributed by atoms with E-state index in [-0.39, 0.29) is 24.5 Å². The van der Waals surface area contributed by atoms with Crippen LogP contribution >= 0.6 is 28.3 Å². The minimum atomic E-state index is 0. The van der Waals surface area contributed by atoms with Gasteiger partial charge in [-0.15, -0.1) is 12.4 Å². The van der Waals surface area contributed by atoms with Gasteiger partial charge in [-0.3, -0.25) is 4.68 Å². The summed E-state index contributed by atoms with van der Waals surface area (Å²) in [4.78, 5) is 0. The summed E-state index contributed by atoms with van der Waals surface area (Å²) in [5.74, 6) is 0. The molecule has 74 valence electrons. The molecule has 0 aliphatic carbocycles. The second-order valence-electron chi connectivity index (χ2n) is 2.91.